The van der Waals surface area contributed by atoms with Crippen LogP contribution in [0.4, 0.5) is 5.95 Å². The molecule has 1 aliphatic rings. The third kappa shape index (κ3) is 3.37. The number of aryl methyl sites for hydroxylation is 1. The molecule has 0 bridgehead atoms. The molecule has 128 valence electrons. The Kier molecular flexibility index (Phi) is 4.73. The molecule has 0 saturated carbocycles. The Bertz CT molecular complexity index is 746. The summed E-state index contributed by atoms with van der Waals surface area (Å²) in [6.45, 7) is 1.46. The van der Waals surface area contributed by atoms with Gasteiger partial charge in [0.15, 0.2) is 0 Å². The van der Waals surface area contributed by atoms with Gasteiger partial charge in [-0.2, -0.15) is 0 Å². The Labute approximate surface area is 145 Å². The van der Waals surface area contributed by atoms with Gasteiger partial charge in [-0.3, -0.25) is 4.79 Å². The van der Waals surface area contributed by atoms with Crippen molar-refractivity contribution < 1.29 is 9.53 Å². The number of morpholine rings is 1. The maximum Gasteiger partial charge on any atom is 0.270 e. The third-order valence-corrected chi connectivity index (χ3v) is 4.15. The largest absolute Gasteiger partial charge is 0.368 e. The van der Waals surface area contributed by atoms with E-state index in [-0.39, 0.29) is 12.0 Å². The van der Waals surface area contributed by atoms with Gasteiger partial charge in [-0.25, -0.2) is 9.97 Å². The van der Waals surface area contributed by atoms with Gasteiger partial charge in [0.2, 0.25) is 5.95 Å². The molecule has 3 heterocycles. The van der Waals surface area contributed by atoms with Crippen molar-refractivity contribution in [3.05, 3.63) is 40.9 Å². The number of aromatic nitrogens is 3. The van der Waals surface area contributed by atoms with E-state index in [2.05, 4.69) is 9.97 Å². The minimum Gasteiger partial charge on any atom is -0.368 e. The summed E-state index contributed by atoms with van der Waals surface area (Å²) >= 11 is 5.98. The predicted octanol–water partition coefficient (Wildman–Crippen LogP) is 1.75. The lowest BCUT2D eigenvalue weighted by atomic mass is 10.2. The van der Waals surface area contributed by atoms with Crippen molar-refractivity contribution in [1.82, 2.24) is 19.4 Å². The molecule has 0 N–H and O–H groups in total. The highest BCUT2D eigenvalue weighted by atomic mass is 35.5. The summed E-state index contributed by atoms with van der Waals surface area (Å²) in [7, 11) is 5.58. The molecule has 24 heavy (non-hydrogen) atoms. The zero-order chi connectivity index (χ0) is 17.3. The molecule has 1 fully saturated rings. The summed E-state index contributed by atoms with van der Waals surface area (Å²) < 4.78 is 7.55. The monoisotopic (exact) mass is 349 g/mol. The second kappa shape index (κ2) is 6.78. The summed E-state index contributed by atoms with van der Waals surface area (Å²) in [5, 5.41) is 0.553. The average Bonchev–Trinajstić information content (AvgIpc) is 2.92. The fourth-order valence-electron chi connectivity index (χ4n) is 2.67. The van der Waals surface area contributed by atoms with Crippen molar-refractivity contribution >= 4 is 23.5 Å². The molecular formula is C16H20ClN5O2. The number of halogens is 1. The number of amides is 1. The molecule has 1 saturated heterocycles. The second-order valence-corrected chi connectivity index (χ2v) is 6.38. The second-order valence-electron chi connectivity index (χ2n) is 5.94. The van der Waals surface area contributed by atoms with Crippen molar-refractivity contribution in [1.29, 1.82) is 0 Å². The quantitative estimate of drug-likeness (QED) is 0.844. The Morgan fingerprint density at radius 1 is 1.46 bits per heavy atom. The van der Waals surface area contributed by atoms with Crippen LogP contribution in [0.1, 0.15) is 22.3 Å². The van der Waals surface area contributed by atoms with E-state index < -0.39 is 0 Å². The molecule has 8 heteroatoms. The summed E-state index contributed by atoms with van der Waals surface area (Å²) in [6.07, 6.45) is 3.17. The number of ether oxygens (including phenoxy) is 1. The van der Waals surface area contributed by atoms with Crippen LogP contribution in [0.3, 0.4) is 0 Å². The molecule has 7 nitrogen and oxygen atoms in total. The van der Waals surface area contributed by atoms with Gasteiger partial charge in [0.25, 0.3) is 5.91 Å². The molecule has 0 aliphatic carbocycles. The standard InChI is InChI=1S/C16H20ClN5O2/c1-20(2)16-18-5-4-12(19-16)14-10-22(6-7-24-14)15(23)13-8-11(17)9-21(13)3/h4-5,8-9,14H,6-7,10H2,1-3H3/t14-/m0/s1. The Morgan fingerprint density at radius 2 is 2.25 bits per heavy atom. The van der Waals surface area contributed by atoms with Crippen LogP contribution in [0.2, 0.25) is 5.02 Å². The highest BCUT2D eigenvalue weighted by molar-refractivity contribution is 6.31. The molecule has 0 aromatic carbocycles. The lowest BCUT2D eigenvalue weighted by molar-refractivity contribution is -0.0250. The number of carbonyl (C=O) groups is 1. The molecule has 1 amide bonds. The van der Waals surface area contributed by atoms with Crippen LogP contribution in [0.15, 0.2) is 24.5 Å². The van der Waals surface area contributed by atoms with Gasteiger partial charge in [0.05, 0.1) is 23.9 Å². The topological polar surface area (TPSA) is 63.5 Å². The van der Waals surface area contributed by atoms with E-state index in [1.54, 1.807) is 27.9 Å². The Balaban J connectivity index is 1.78. The Hall–Kier alpha value is -2.12. The van der Waals surface area contributed by atoms with E-state index in [1.165, 1.54) is 0 Å². The first-order valence-corrected chi connectivity index (χ1v) is 8.06. The van der Waals surface area contributed by atoms with Gasteiger partial charge in [-0.1, -0.05) is 11.6 Å². The van der Waals surface area contributed by atoms with E-state index in [1.807, 2.05) is 32.1 Å². The highest BCUT2D eigenvalue weighted by Crippen LogP contribution is 2.23. The third-order valence-electron chi connectivity index (χ3n) is 3.94. The molecule has 0 spiro atoms. The first-order chi connectivity index (χ1) is 11.5. The first kappa shape index (κ1) is 16.7. The van der Waals surface area contributed by atoms with Crippen molar-refractivity contribution in [3.8, 4) is 0 Å². The molecular weight excluding hydrogens is 330 g/mol. The molecule has 1 atom stereocenters. The van der Waals surface area contributed by atoms with Gasteiger partial charge >= 0.3 is 0 Å². The fourth-order valence-corrected chi connectivity index (χ4v) is 2.92. The summed E-state index contributed by atoms with van der Waals surface area (Å²) in [5.74, 6) is 0.563. The maximum atomic E-state index is 12.7. The number of anilines is 1. The van der Waals surface area contributed by atoms with Crippen LogP contribution in [-0.2, 0) is 11.8 Å². The van der Waals surface area contributed by atoms with Crippen molar-refractivity contribution in [3.63, 3.8) is 0 Å². The SMILES string of the molecule is CN(C)c1nccc([C@@H]2CN(C(=O)c3cc(Cl)cn3C)CCO2)n1. The van der Waals surface area contributed by atoms with Crippen LogP contribution >= 0.6 is 11.6 Å². The molecule has 2 aromatic heterocycles. The maximum absolute atomic E-state index is 12.7. The fraction of sp³-hybridized carbons (Fsp3) is 0.438. The van der Waals surface area contributed by atoms with E-state index in [9.17, 15) is 4.79 Å². The lowest BCUT2D eigenvalue weighted by Gasteiger charge is -2.32. The number of hydrogen-bond acceptors (Lipinski definition) is 5. The van der Waals surface area contributed by atoms with E-state index >= 15 is 0 Å². The van der Waals surface area contributed by atoms with Gasteiger partial charge in [0.1, 0.15) is 11.8 Å². The smallest absolute Gasteiger partial charge is 0.270 e. The average molecular weight is 350 g/mol. The minimum atomic E-state index is -0.264. The lowest BCUT2D eigenvalue weighted by Crippen LogP contribution is -2.43. The van der Waals surface area contributed by atoms with Crippen LogP contribution in [0, 0.1) is 0 Å². The highest BCUT2D eigenvalue weighted by Gasteiger charge is 2.28. The predicted molar refractivity (Wildman–Crippen MR) is 91.4 cm³/mol. The van der Waals surface area contributed by atoms with Crippen LogP contribution in [-0.4, -0.2) is 59.1 Å². The number of carbonyl (C=O) groups excluding carboxylic acids is 1. The van der Waals surface area contributed by atoms with E-state index in [0.717, 1.165) is 5.69 Å². The molecule has 0 radical (unpaired) electrons. The van der Waals surface area contributed by atoms with Gasteiger partial charge in [0, 0.05) is 40.1 Å². The Morgan fingerprint density at radius 3 is 2.92 bits per heavy atom. The molecule has 3 rings (SSSR count). The molecule has 0 unspecified atom stereocenters. The summed E-state index contributed by atoms with van der Waals surface area (Å²) in [4.78, 5) is 25.1. The normalized spacial score (nSPS) is 17.8. The molecule has 2 aromatic rings. The van der Waals surface area contributed by atoms with Gasteiger partial charge in [-0.05, 0) is 12.1 Å². The summed E-state index contributed by atoms with van der Waals surface area (Å²) in [5.41, 5.74) is 1.34. The summed E-state index contributed by atoms with van der Waals surface area (Å²) in [6, 6.07) is 3.51. The van der Waals surface area contributed by atoms with Gasteiger partial charge < -0.3 is 19.1 Å². The van der Waals surface area contributed by atoms with E-state index in [0.29, 0.717) is 36.4 Å². The van der Waals surface area contributed by atoms with Crippen LogP contribution < -0.4 is 4.90 Å². The van der Waals surface area contributed by atoms with Crippen LogP contribution in [0.5, 0.6) is 0 Å². The molecule has 1 aliphatic heterocycles. The zero-order valence-corrected chi connectivity index (χ0v) is 14.7. The first-order valence-electron chi connectivity index (χ1n) is 7.68. The number of rotatable bonds is 3. The number of hydrogen-bond donors (Lipinski definition) is 0. The van der Waals surface area contributed by atoms with Crippen molar-refractivity contribution in [2.24, 2.45) is 7.05 Å². The van der Waals surface area contributed by atoms with Crippen LogP contribution in [0.25, 0.3) is 0 Å². The minimum absolute atomic E-state index is 0.0559. The van der Waals surface area contributed by atoms with Gasteiger partial charge in [-0.15, -0.1) is 0 Å². The van der Waals surface area contributed by atoms with Crippen molar-refractivity contribution in [2.45, 2.75) is 6.10 Å². The number of nitrogens with zero attached hydrogens (tertiary/aromatic N) is 5. The van der Waals surface area contributed by atoms with E-state index in [4.69, 9.17) is 16.3 Å². The zero-order valence-electron chi connectivity index (χ0n) is 13.9. The van der Waals surface area contributed by atoms with Crippen molar-refractivity contribution in [2.75, 3.05) is 38.7 Å².